The molecule has 0 bridgehead atoms. The predicted molar refractivity (Wildman–Crippen MR) is 67.1 cm³/mol. The van der Waals surface area contributed by atoms with Gasteiger partial charge < -0.3 is 4.90 Å². The van der Waals surface area contributed by atoms with Crippen LogP contribution in [0.4, 0.5) is 0 Å². The topological polar surface area (TPSA) is 57.7 Å². The summed E-state index contributed by atoms with van der Waals surface area (Å²) in [6, 6.07) is -0.480. The smallest absolute Gasteiger partial charge is 0.240 e. The van der Waals surface area contributed by atoms with Crippen LogP contribution in [0, 0.1) is 0 Å². The first-order valence-corrected chi connectivity index (χ1v) is 7.94. The number of carbonyl (C=O) groups excluding carboxylic acids is 1. The maximum absolute atomic E-state index is 12.1. The van der Waals surface area contributed by atoms with Crippen molar-refractivity contribution in [2.24, 2.45) is 0 Å². The Hall–Kier alpha value is -0.620. The summed E-state index contributed by atoms with van der Waals surface area (Å²) in [5.41, 5.74) is 0. The van der Waals surface area contributed by atoms with Crippen molar-refractivity contribution >= 4 is 15.9 Å². The standard InChI is InChI=1S/C11H22N2O3S/c1-4-5-8-12(2)11(14)10-7-6-9-13(10)17(3,15)16/h10H,4-9H2,1-3H3. The van der Waals surface area contributed by atoms with E-state index in [1.165, 1.54) is 10.6 Å². The molecule has 0 saturated carbocycles. The van der Waals surface area contributed by atoms with Gasteiger partial charge in [0.25, 0.3) is 0 Å². The summed E-state index contributed by atoms with van der Waals surface area (Å²) in [5, 5.41) is 0. The Morgan fingerprint density at radius 3 is 2.65 bits per heavy atom. The zero-order chi connectivity index (χ0) is 13.1. The van der Waals surface area contributed by atoms with Crippen molar-refractivity contribution in [3.63, 3.8) is 0 Å². The van der Waals surface area contributed by atoms with Crippen LogP contribution in [0.1, 0.15) is 32.6 Å². The molecule has 0 aromatic rings. The minimum absolute atomic E-state index is 0.0682. The third-order valence-electron chi connectivity index (χ3n) is 3.14. The van der Waals surface area contributed by atoms with E-state index in [4.69, 9.17) is 0 Å². The molecular weight excluding hydrogens is 240 g/mol. The number of sulfonamides is 1. The van der Waals surface area contributed by atoms with E-state index in [1.807, 2.05) is 0 Å². The molecule has 1 aliphatic heterocycles. The Kier molecular flexibility index (Phi) is 4.94. The van der Waals surface area contributed by atoms with Crippen molar-refractivity contribution < 1.29 is 13.2 Å². The van der Waals surface area contributed by atoms with Crippen LogP contribution in [-0.2, 0) is 14.8 Å². The summed E-state index contributed by atoms with van der Waals surface area (Å²) in [5.74, 6) is -0.0682. The van der Waals surface area contributed by atoms with Crippen LogP contribution in [0.15, 0.2) is 0 Å². The van der Waals surface area contributed by atoms with E-state index in [9.17, 15) is 13.2 Å². The lowest BCUT2D eigenvalue weighted by molar-refractivity contribution is -0.133. The van der Waals surface area contributed by atoms with Crippen LogP contribution < -0.4 is 0 Å². The molecule has 1 saturated heterocycles. The van der Waals surface area contributed by atoms with Crippen molar-refractivity contribution in [3.05, 3.63) is 0 Å². The fraction of sp³-hybridized carbons (Fsp3) is 0.909. The average molecular weight is 262 g/mol. The van der Waals surface area contributed by atoms with E-state index in [0.29, 0.717) is 19.5 Å². The highest BCUT2D eigenvalue weighted by atomic mass is 32.2. The first-order valence-electron chi connectivity index (χ1n) is 6.09. The SMILES string of the molecule is CCCCN(C)C(=O)C1CCCN1S(C)(=O)=O. The molecule has 1 fully saturated rings. The number of rotatable bonds is 5. The molecule has 100 valence electrons. The number of hydrogen-bond acceptors (Lipinski definition) is 3. The Balaban J connectivity index is 2.68. The van der Waals surface area contributed by atoms with E-state index < -0.39 is 16.1 Å². The molecule has 0 aliphatic carbocycles. The van der Waals surface area contributed by atoms with Crippen LogP contribution >= 0.6 is 0 Å². The van der Waals surface area contributed by atoms with Crippen LogP contribution in [0.2, 0.25) is 0 Å². The highest BCUT2D eigenvalue weighted by molar-refractivity contribution is 7.88. The lowest BCUT2D eigenvalue weighted by Gasteiger charge is -2.26. The molecule has 6 heteroatoms. The number of nitrogens with zero attached hydrogens (tertiary/aromatic N) is 2. The molecule has 5 nitrogen and oxygen atoms in total. The molecule has 0 aromatic carbocycles. The van der Waals surface area contributed by atoms with E-state index >= 15 is 0 Å². The van der Waals surface area contributed by atoms with Gasteiger partial charge in [-0.2, -0.15) is 4.31 Å². The lowest BCUT2D eigenvalue weighted by atomic mass is 10.2. The summed E-state index contributed by atoms with van der Waals surface area (Å²) < 4.78 is 24.4. The molecule has 1 amide bonds. The molecule has 1 rings (SSSR count). The lowest BCUT2D eigenvalue weighted by Crippen LogP contribution is -2.46. The first kappa shape index (κ1) is 14.4. The Morgan fingerprint density at radius 1 is 1.47 bits per heavy atom. The third kappa shape index (κ3) is 3.67. The minimum Gasteiger partial charge on any atom is -0.344 e. The van der Waals surface area contributed by atoms with E-state index in [1.54, 1.807) is 11.9 Å². The van der Waals surface area contributed by atoms with Gasteiger partial charge in [0.05, 0.1) is 6.26 Å². The van der Waals surface area contributed by atoms with Crippen LogP contribution in [0.5, 0.6) is 0 Å². The Labute approximate surface area is 104 Å². The highest BCUT2D eigenvalue weighted by Crippen LogP contribution is 2.21. The largest absolute Gasteiger partial charge is 0.344 e. The van der Waals surface area contributed by atoms with Crippen molar-refractivity contribution in [2.75, 3.05) is 26.4 Å². The van der Waals surface area contributed by atoms with Gasteiger partial charge in [0.2, 0.25) is 15.9 Å². The summed E-state index contributed by atoms with van der Waals surface area (Å²) in [7, 11) is -1.52. The maximum Gasteiger partial charge on any atom is 0.240 e. The normalized spacial score (nSPS) is 21.7. The molecule has 1 aliphatic rings. The zero-order valence-corrected chi connectivity index (χ0v) is 11.7. The van der Waals surface area contributed by atoms with Crippen molar-refractivity contribution in [3.8, 4) is 0 Å². The summed E-state index contributed by atoms with van der Waals surface area (Å²) in [6.07, 6.45) is 4.56. The van der Waals surface area contributed by atoms with Gasteiger partial charge in [-0.25, -0.2) is 8.42 Å². The fourth-order valence-electron chi connectivity index (χ4n) is 2.14. The van der Waals surface area contributed by atoms with Crippen molar-refractivity contribution in [2.45, 2.75) is 38.6 Å². The number of unbranched alkanes of at least 4 members (excludes halogenated alkanes) is 1. The zero-order valence-electron chi connectivity index (χ0n) is 10.8. The summed E-state index contributed by atoms with van der Waals surface area (Å²) in [6.45, 7) is 3.23. The monoisotopic (exact) mass is 262 g/mol. The fourth-order valence-corrected chi connectivity index (χ4v) is 3.26. The van der Waals surface area contributed by atoms with E-state index in [-0.39, 0.29) is 5.91 Å². The van der Waals surface area contributed by atoms with Crippen LogP contribution in [0.3, 0.4) is 0 Å². The van der Waals surface area contributed by atoms with E-state index in [2.05, 4.69) is 6.92 Å². The van der Waals surface area contributed by atoms with E-state index in [0.717, 1.165) is 19.3 Å². The van der Waals surface area contributed by atoms with Crippen LogP contribution in [-0.4, -0.2) is 56.0 Å². The average Bonchev–Trinajstić information content (AvgIpc) is 2.73. The maximum atomic E-state index is 12.1. The van der Waals surface area contributed by atoms with Crippen molar-refractivity contribution in [1.82, 2.24) is 9.21 Å². The number of amides is 1. The van der Waals surface area contributed by atoms with Gasteiger partial charge in [-0.1, -0.05) is 13.3 Å². The Bertz CT molecular complexity index is 367. The predicted octanol–water partition coefficient (Wildman–Crippen LogP) is 0.669. The van der Waals surface area contributed by atoms with Gasteiger partial charge in [-0.05, 0) is 19.3 Å². The van der Waals surface area contributed by atoms with Gasteiger partial charge in [0.1, 0.15) is 6.04 Å². The molecule has 0 spiro atoms. The van der Waals surface area contributed by atoms with Gasteiger partial charge >= 0.3 is 0 Å². The number of hydrogen-bond donors (Lipinski definition) is 0. The molecule has 0 N–H and O–H groups in total. The molecular formula is C11H22N2O3S. The van der Waals surface area contributed by atoms with Gasteiger partial charge in [0.15, 0.2) is 0 Å². The molecule has 1 heterocycles. The Morgan fingerprint density at radius 2 is 2.12 bits per heavy atom. The number of carbonyl (C=O) groups is 1. The second-order valence-electron chi connectivity index (χ2n) is 4.65. The first-order chi connectivity index (χ1) is 7.88. The van der Waals surface area contributed by atoms with Gasteiger partial charge in [-0.3, -0.25) is 4.79 Å². The number of likely N-dealkylation sites (N-methyl/N-ethyl adjacent to an activating group) is 1. The third-order valence-corrected chi connectivity index (χ3v) is 4.43. The van der Waals surface area contributed by atoms with Gasteiger partial charge in [-0.15, -0.1) is 0 Å². The molecule has 1 atom stereocenters. The molecule has 0 aromatic heterocycles. The van der Waals surface area contributed by atoms with Crippen molar-refractivity contribution in [1.29, 1.82) is 0 Å². The second kappa shape index (κ2) is 5.82. The second-order valence-corrected chi connectivity index (χ2v) is 6.58. The van der Waals surface area contributed by atoms with Crippen LogP contribution in [0.25, 0.3) is 0 Å². The quantitative estimate of drug-likeness (QED) is 0.731. The molecule has 0 radical (unpaired) electrons. The summed E-state index contributed by atoms with van der Waals surface area (Å²) in [4.78, 5) is 13.8. The van der Waals surface area contributed by atoms with Gasteiger partial charge in [0, 0.05) is 20.1 Å². The summed E-state index contributed by atoms with van der Waals surface area (Å²) >= 11 is 0. The highest BCUT2D eigenvalue weighted by Gasteiger charge is 2.37. The minimum atomic E-state index is -3.26. The molecule has 17 heavy (non-hydrogen) atoms. The molecule has 1 unspecified atom stereocenters.